The van der Waals surface area contributed by atoms with Crippen molar-refractivity contribution in [2.75, 3.05) is 18.8 Å². The SMILES string of the molecule is CS(=O)(=O)c1cnnc(S(C)(=O)=O)c1S(C)(=O)=O. The van der Waals surface area contributed by atoms with Crippen LogP contribution in [0, 0.1) is 0 Å². The maximum Gasteiger partial charge on any atom is 0.197 e. The number of rotatable bonds is 3. The molecule has 0 amide bonds. The molecule has 0 unspecified atom stereocenters. The van der Waals surface area contributed by atoms with Crippen LogP contribution in [-0.4, -0.2) is 54.2 Å². The maximum absolute atomic E-state index is 11.6. The first-order valence-electron chi connectivity index (χ1n) is 4.31. The van der Waals surface area contributed by atoms with Crippen LogP contribution < -0.4 is 0 Å². The second kappa shape index (κ2) is 4.24. The highest BCUT2D eigenvalue weighted by Gasteiger charge is 2.30. The smallest absolute Gasteiger partial charge is 0.197 e. The van der Waals surface area contributed by atoms with Gasteiger partial charge in [-0.2, -0.15) is 5.10 Å². The van der Waals surface area contributed by atoms with Crippen LogP contribution in [0.5, 0.6) is 0 Å². The number of nitrogens with zero attached hydrogens (tertiary/aromatic N) is 2. The van der Waals surface area contributed by atoms with E-state index in [1.54, 1.807) is 0 Å². The molecule has 0 spiro atoms. The first kappa shape index (κ1) is 15.0. The van der Waals surface area contributed by atoms with Gasteiger partial charge in [0.05, 0.1) is 6.20 Å². The molecule has 0 aliphatic rings. The molecule has 0 fully saturated rings. The molecule has 18 heavy (non-hydrogen) atoms. The van der Waals surface area contributed by atoms with Crippen LogP contribution in [0.4, 0.5) is 0 Å². The second-order valence-electron chi connectivity index (χ2n) is 3.66. The Bertz CT molecular complexity index is 741. The molecule has 0 atom stereocenters. The van der Waals surface area contributed by atoms with Crippen molar-refractivity contribution in [2.45, 2.75) is 14.8 Å². The predicted molar refractivity (Wildman–Crippen MR) is 61.4 cm³/mol. The minimum Gasteiger partial charge on any atom is -0.224 e. The predicted octanol–water partition coefficient (Wildman–Crippen LogP) is -1.31. The summed E-state index contributed by atoms with van der Waals surface area (Å²) in [5.74, 6) is 0. The van der Waals surface area contributed by atoms with E-state index in [0.29, 0.717) is 12.5 Å². The van der Waals surface area contributed by atoms with Gasteiger partial charge in [-0.3, -0.25) is 0 Å². The maximum atomic E-state index is 11.6. The zero-order chi connectivity index (χ0) is 14.4. The largest absolute Gasteiger partial charge is 0.224 e. The third kappa shape index (κ3) is 3.03. The molecule has 0 saturated carbocycles. The third-order valence-corrected chi connectivity index (χ3v) is 5.37. The van der Waals surface area contributed by atoms with Gasteiger partial charge >= 0.3 is 0 Å². The number of hydrogen-bond donors (Lipinski definition) is 0. The van der Waals surface area contributed by atoms with Gasteiger partial charge < -0.3 is 0 Å². The summed E-state index contributed by atoms with van der Waals surface area (Å²) < 4.78 is 68.9. The van der Waals surface area contributed by atoms with Crippen molar-refractivity contribution in [1.29, 1.82) is 0 Å². The Kier molecular flexibility index (Phi) is 3.53. The second-order valence-corrected chi connectivity index (χ2v) is 9.53. The minimum absolute atomic E-state index is 0.680. The van der Waals surface area contributed by atoms with Gasteiger partial charge in [-0.25, -0.2) is 25.3 Å². The molecule has 0 radical (unpaired) electrons. The van der Waals surface area contributed by atoms with Gasteiger partial charge in [0.1, 0.15) is 9.79 Å². The van der Waals surface area contributed by atoms with Gasteiger partial charge in [0, 0.05) is 18.8 Å². The number of aromatic nitrogens is 2. The number of hydrogen-bond acceptors (Lipinski definition) is 8. The standard InChI is InChI=1S/C7H10N2O6S3/c1-16(10,11)5-4-8-9-7(18(3,14)15)6(5)17(2,12)13/h4H,1-3H3. The topological polar surface area (TPSA) is 128 Å². The van der Waals surface area contributed by atoms with E-state index in [1.807, 2.05) is 0 Å². The zero-order valence-corrected chi connectivity index (χ0v) is 12.1. The Morgan fingerprint density at radius 2 is 1.33 bits per heavy atom. The summed E-state index contributed by atoms with van der Waals surface area (Å²) in [6.45, 7) is 0. The van der Waals surface area contributed by atoms with Crippen molar-refractivity contribution >= 4 is 29.5 Å². The van der Waals surface area contributed by atoms with Crippen LogP contribution in [-0.2, 0) is 29.5 Å². The Labute approximate surface area is 105 Å². The highest BCUT2D eigenvalue weighted by Crippen LogP contribution is 2.25. The fourth-order valence-corrected chi connectivity index (χ4v) is 5.16. The van der Waals surface area contributed by atoms with E-state index in [2.05, 4.69) is 10.2 Å². The molecule has 1 heterocycles. The molecule has 11 heteroatoms. The van der Waals surface area contributed by atoms with Crippen LogP contribution in [0.1, 0.15) is 0 Å². The highest BCUT2D eigenvalue weighted by molar-refractivity contribution is 7.95. The highest BCUT2D eigenvalue weighted by atomic mass is 32.2. The molecule has 1 aromatic rings. The van der Waals surface area contributed by atoms with Gasteiger partial charge in [-0.1, -0.05) is 0 Å². The first-order chi connectivity index (χ1) is 7.85. The molecular formula is C7H10N2O6S3. The Balaban J connectivity index is 4.04. The van der Waals surface area contributed by atoms with Gasteiger partial charge in [0.15, 0.2) is 34.5 Å². The molecule has 0 bridgehead atoms. The summed E-state index contributed by atoms with van der Waals surface area (Å²) in [5, 5.41) is 5.56. The van der Waals surface area contributed by atoms with Crippen molar-refractivity contribution in [3.63, 3.8) is 0 Å². The summed E-state index contributed by atoms with van der Waals surface area (Å²) in [5.41, 5.74) is 0. The van der Waals surface area contributed by atoms with E-state index in [-0.39, 0.29) is 0 Å². The molecule has 102 valence electrons. The Morgan fingerprint density at radius 3 is 1.67 bits per heavy atom. The molecule has 0 N–H and O–H groups in total. The van der Waals surface area contributed by atoms with Gasteiger partial charge in [0.2, 0.25) is 0 Å². The van der Waals surface area contributed by atoms with Crippen LogP contribution in [0.3, 0.4) is 0 Å². The quantitative estimate of drug-likeness (QED) is 0.672. The van der Waals surface area contributed by atoms with Gasteiger partial charge in [0.25, 0.3) is 0 Å². The summed E-state index contributed by atoms with van der Waals surface area (Å²) >= 11 is 0. The number of sulfone groups is 3. The van der Waals surface area contributed by atoms with Crippen molar-refractivity contribution in [3.05, 3.63) is 6.20 Å². The fraction of sp³-hybridized carbons (Fsp3) is 0.429. The van der Waals surface area contributed by atoms with E-state index in [0.717, 1.165) is 12.5 Å². The molecule has 1 aromatic heterocycles. The van der Waals surface area contributed by atoms with E-state index in [9.17, 15) is 25.3 Å². The fourth-order valence-electron chi connectivity index (χ4n) is 1.19. The van der Waals surface area contributed by atoms with Crippen LogP contribution in [0.2, 0.25) is 0 Å². The van der Waals surface area contributed by atoms with Gasteiger partial charge in [-0.05, 0) is 0 Å². The van der Waals surface area contributed by atoms with E-state index < -0.39 is 44.3 Å². The summed E-state index contributed by atoms with van der Waals surface area (Å²) in [6, 6.07) is 0. The zero-order valence-electron chi connectivity index (χ0n) is 9.65. The van der Waals surface area contributed by atoms with Gasteiger partial charge in [-0.15, -0.1) is 5.10 Å². The van der Waals surface area contributed by atoms with Crippen LogP contribution >= 0.6 is 0 Å². The minimum atomic E-state index is -4.09. The summed E-state index contributed by atoms with van der Waals surface area (Å²) in [6.07, 6.45) is 2.89. The molecular weight excluding hydrogens is 304 g/mol. The van der Waals surface area contributed by atoms with Crippen LogP contribution in [0.25, 0.3) is 0 Å². The molecule has 0 aliphatic carbocycles. The first-order valence-corrected chi connectivity index (χ1v) is 9.98. The average molecular weight is 314 g/mol. The lowest BCUT2D eigenvalue weighted by atomic mass is 10.6. The van der Waals surface area contributed by atoms with Crippen molar-refractivity contribution < 1.29 is 25.3 Å². The van der Waals surface area contributed by atoms with Crippen LogP contribution in [0.15, 0.2) is 21.0 Å². The summed E-state index contributed by atoms with van der Waals surface area (Å²) in [7, 11) is -12.1. The summed E-state index contributed by atoms with van der Waals surface area (Å²) in [4.78, 5) is -1.53. The monoisotopic (exact) mass is 314 g/mol. The molecule has 0 aliphatic heterocycles. The molecule has 1 rings (SSSR count). The Hall–Kier alpha value is -1.07. The van der Waals surface area contributed by atoms with Crippen molar-refractivity contribution in [3.8, 4) is 0 Å². The lowest BCUT2D eigenvalue weighted by Crippen LogP contribution is -2.16. The normalized spacial score (nSPS) is 13.5. The third-order valence-electron chi connectivity index (χ3n) is 1.86. The van der Waals surface area contributed by atoms with Crippen molar-refractivity contribution in [2.24, 2.45) is 0 Å². The molecule has 8 nitrogen and oxygen atoms in total. The van der Waals surface area contributed by atoms with E-state index in [4.69, 9.17) is 0 Å². The van der Waals surface area contributed by atoms with E-state index in [1.165, 1.54) is 0 Å². The lowest BCUT2D eigenvalue weighted by Gasteiger charge is -2.08. The lowest BCUT2D eigenvalue weighted by molar-refractivity contribution is 0.568. The van der Waals surface area contributed by atoms with Crippen molar-refractivity contribution in [1.82, 2.24) is 10.2 Å². The molecule has 0 aromatic carbocycles. The molecule has 0 saturated heterocycles. The average Bonchev–Trinajstić information content (AvgIpc) is 2.12. The Morgan fingerprint density at radius 1 is 0.833 bits per heavy atom. The van der Waals surface area contributed by atoms with E-state index >= 15 is 0 Å².